The van der Waals surface area contributed by atoms with E-state index in [1.165, 1.54) is 0 Å². The first-order chi connectivity index (χ1) is 8.46. The molecule has 104 valence electrons. The second kappa shape index (κ2) is 20.6. The largest absolute Gasteiger partial charge is 2.00 e. The molecule has 0 amide bonds. The zero-order valence-electron chi connectivity index (χ0n) is 13.4. The predicted octanol–water partition coefficient (Wildman–Crippen LogP) is 5.35. The second-order valence-corrected chi connectivity index (χ2v) is 11.0. The minimum Gasteiger partial charge on any atom is -0.273 e. The van der Waals surface area contributed by atoms with Gasteiger partial charge in [-0.3, -0.25) is 12.2 Å². The van der Waals surface area contributed by atoms with E-state index in [2.05, 4.69) is 63.6 Å². The Labute approximate surface area is 144 Å². The van der Waals surface area contributed by atoms with Gasteiger partial charge < -0.3 is 0 Å². The van der Waals surface area contributed by atoms with Gasteiger partial charge in [0.1, 0.15) is 0 Å². The fourth-order valence-corrected chi connectivity index (χ4v) is 0.680. The first kappa shape index (κ1) is 24.3. The molecule has 0 saturated carbocycles. The zero-order valence-corrected chi connectivity index (χ0v) is 17.8. The normalized spacial score (nSPS) is 13.1. The summed E-state index contributed by atoms with van der Waals surface area (Å²) < 4.78 is 0. The van der Waals surface area contributed by atoms with Crippen molar-refractivity contribution in [3.8, 4) is 0 Å². The Hall–Kier alpha value is 0.277. The van der Waals surface area contributed by atoms with Crippen LogP contribution in [0.4, 0.5) is 0 Å². The van der Waals surface area contributed by atoms with E-state index >= 15 is 0 Å². The van der Waals surface area contributed by atoms with Crippen molar-refractivity contribution in [2.45, 2.75) is 52.1 Å². The quantitative estimate of drug-likeness (QED) is 0.400. The molecule has 3 heteroatoms. The van der Waals surface area contributed by atoms with Gasteiger partial charge in [0, 0.05) is 17.6 Å². The molecular weight excluding hydrogens is 340 g/mol. The van der Waals surface area contributed by atoms with E-state index in [0.29, 0.717) is 0 Å². The Balaban J connectivity index is -0.000000178. The van der Waals surface area contributed by atoms with Crippen molar-refractivity contribution in [2.75, 3.05) is 0 Å². The van der Waals surface area contributed by atoms with Gasteiger partial charge in [0.2, 0.25) is 0 Å². The smallest absolute Gasteiger partial charge is 0.273 e. The Bertz CT molecular complexity index is 210. The molecule has 0 nitrogen and oxygen atoms in total. The average Bonchev–Trinajstić information content (AvgIpc) is 2.96. The molecule has 19 heavy (non-hydrogen) atoms. The summed E-state index contributed by atoms with van der Waals surface area (Å²) in [5.41, 5.74) is 0. The van der Waals surface area contributed by atoms with Crippen LogP contribution in [0.15, 0.2) is 36.5 Å². The van der Waals surface area contributed by atoms with Crippen LogP contribution in [0.5, 0.6) is 0 Å². The van der Waals surface area contributed by atoms with Crippen LogP contribution in [0.2, 0.25) is 39.3 Å². The summed E-state index contributed by atoms with van der Waals surface area (Å²) in [4.78, 5) is 0. The van der Waals surface area contributed by atoms with Crippen molar-refractivity contribution in [3.63, 3.8) is 0 Å². The van der Waals surface area contributed by atoms with E-state index in [-0.39, 0.29) is 43.8 Å². The topological polar surface area (TPSA) is 0 Å². The van der Waals surface area contributed by atoms with Crippen molar-refractivity contribution in [1.29, 1.82) is 0 Å². The third kappa shape index (κ3) is 45.8. The molecule has 0 unspecified atom stereocenters. The van der Waals surface area contributed by atoms with Crippen LogP contribution in [0.3, 0.4) is 0 Å². The molecule has 2 aliphatic rings. The maximum atomic E-state index is 2.99. The Kier molecular flexibility index (Phi) is 26.3. The summed E-state index contributed by atoms with van der Waals surface area (Å²) in [6.45, 7) is 13.6. The molecule has 0 spiro atoms. The number of allylic oxidation sites excluding steroid dienone is 8. The van der Waals surface area contributed by atoms with Gasteiger partial charge in [-0.25, -0.2) is 24.3 Å². The molecule has 2 radical (unpaired) electrons. The van der Waals surface area contributed by atoms with Gasteiger partial charge in [0.25, 0.3) is 0 Å². The van der Waals surface area contributed by atoms with Crippen molar-refractivity contribution < 1.29 is 26.2 Å². The van der Waals surface area contributed by atoms with E-state index in [9.17, 15) is 0 Å². The summed E-state index contributed by atoms with van der Waals surface area (Å²) >= 11 is 0. The third-order valence-electron chi connectivity index (χ3n) is 1.17. The molecule has 0 aromatic carbocycles. The number of hydrogen-bond acceptors (Lipinski definition) is 0. The van der Waals surface area contributed by atoms with E-state index in [0.717, 1.165) is 12.8 Å². The average molecular weight is 368 g/mol. The van der Waals surface area contributed by atoms with Crippen LogP contribution < -0.4 is 0 Å². The predicted molar refractivity (Wildman–Crippen MR) is 89.8 cm³/mol. The van der Waals surface area contributed by atoms with E-state index < -0.39 is 0 Å². The van der Waals surface area contributed by atoms with Crippen LogP contribution in [-0.4, -0.2) is 17.6 Å². The van der Waals surface area contributed by atoms with Crippen LogP contribution in [0, 0.1) is 12.2 Å². The van der Waals surface area contributed by atoms with E-state index in [4.69, 9.17) is 0 Å². The van der Waals surface area contributed by atoms with Crippen LogP contribution in [0.1, 0.15) is 12.8 Å². The molecule has 2 rings (SSSR count). The first-order valence-electron chi connectivity index (χ1n) is 6.43. The van der Waals surface area contributed by atoms with Gasteiger partial charge in [-0.2, -0.15) is 12.2 Å². The standard InChI is InChI=1S/2C5H5.2C3H9Si.Zr/c2*1-2-4-5-3-1;2*1-4(2)3;/h2*1-3H,4H2;2*1-3H3;/q2*-1;;;+2. The van der Waals surface area contributed by atoms with Crippen molar-refractivity contribution in [3.05, 3.63) is 48.6 Å². The third-order valence-corrected chi connectivity index (χ3v) is 1.17. The Morgan fingerprint density at radius 3 is 1.00 bits per heavy atom. The van der Waals surface area contributed by atoms with Gasteiger partial charge in [0.15, 0.2) is 0 Å². The van der Waals surface area contributed by atoms with E-state index in [1.807, 2.05) is 24.3 Å². The molecule has 0 bridgehead atoms. The van der Waals surface area contributed by atoms with Gasteiger partial charge in [0.05, 0.1) is 0 Å². The van der Waals surface area contributed by atoms with Gasteiger partial charge in [-0.15, -0.1) is 12.8 Å². The maximum absolute atomic E-state index is 2.99. The summed E-state index contributed by atoms with van der Waals surface area (Å²) in [6.07, 6.45) is 20.0. The number of rotatable bonds is 0. The van der Waals surface area contributed by atoms with Gasteiger partial charge in [-0.1, -0.05) is 39.3 Å². The van der Waals surface area contributed by atoms with Gasteiger partial charge in [-0.05, 0) is 0 Å². The summed E-state index contributed by atoms with van der Waals surface area (Å²) in [5, 5.41) is 0. The molecule has 0 aromatic rings. The second-order valence-electron chi connectivity index (χ2n) is 5.01. The summed E-state index contributed by atoms with van der Waals surface area (Å²) in [5.74, 6) is 0. The SMILES string of the molecule is C[Si](C)C.C[Si](C)C.[C-]1=CC=CC1.[C-]1=CC=CC1.[Zr+2]. The fraction of sp³-hybridized carbons (Fsp3) is 0.500. The maximum Gasteiger partial charge on any atom is 2.00 e. The molecule has 0 atom stereocenters. The fourth-order valence-electron chi connectivity index (χ4n) is 0.680. The van der Waals surface area contributed by atoms with Crippen molar-refractivity contribution in [1.82, 2.24) is 0 Å². The molecule has 0 N–H and O–H groups in total. The molecule has 0 fully saturated rings. The summed E-state index contributed by atoms with van der Waals surface area (Å²) in [6, 6.07) is 0. The minimum absolute atomic E-state index is 0. The van der Waals surface area contributed by atoms with Crippen LogP contribution in [-0.2, 0) is 26.2 Å². The monoisotopic (exact) mass is 366 g/mol. The molecule has 0 saturated heterocycles. The Morgan fingerprint density at radius 1 is 0.684 bits per heavy atom. The molecule has 0 aliphatic heterocycles. The van der Waals surface area contributed by atoms with Crippen LogP contribution >= 0.6 is 0 Å². The van der Waals surface area contributed by atoms with Crippen LogP contribution in [0.25, 0.3) is 0 Å². The molecule has 0 aromatic heterocycles. The number of hydrogen-bond donors (Lipinski definition) is 0. The summed E-state index contributed by atoms with van der Waals surface area (Å²) in [7, 11) is 0.241. The van der Waals surface area contributed by atoms with E-state index in [1.54, 1.807) is 0 Å². The van der Waals surface area contributed by atoms with Crippen molar-refractivity contribution in [2.24, 2.45) is 0 Å². The zero-order chi connectivity index (χ0) is 14.2. The molecular formula is C16H28Si2Zr. The molecule has 0 heterocycles. The molecule has 2 aliphatic carbocycles. The minimum atomic E-state index is 0. The first-order valence-corrected chi connectivity index (χ1v) is 12.4. The van der Waals surface area contributed by atoms with Crippen molar-refractivity contribution >= 4 is 17.6 Å². The van der Waals surface area contributed by atoms with Gasteiger partial charge >= 0.3 is 26.2 Å². The Morgan fingerprint density at radius 2 is 0.947 bits per heavy atom.